The van der Waals surface area contributed by atoms with Gasteiger partial charge in [0, 0.05) is 30.3 Å². The van der Waals surface area contributed by atoms with Crippen LogP contribution in [-0.2, 0) is 11.3 Å². The van der Waals surface area contributed by atoms with Crippen LogP contribution in [0.1, 0.15) is 49.9 Å². The lowest BCUT2D eigenvalue weighted by atomic mass is 10.1. The first-order valence-corrected chi connectivity index (χ1v) is 11.9. The molecule has 0 fully saturated rings. The molecular formula is C26H28N6O3S. The summed E-state index contributed by atoms with van der Waals surface area (Å²) in [6.45, 7) is 7.47. The Kier molecular flexibility index (Phi) is 8.69. The van der Waals surface area contributed by atoms with Gasteiger partial charge < -0.3 is 16.4 Å². The van der Waals surface area contributed by atoms with Crippen molar-refractivity contribution in [2.75, 3.05) is 5.32 Å². The molecular weight excluding hydrogens is 476 g/mol. The maximum atomic E-state index is 12.9. The molecule has 0 atom stereocenters. The molecule has 0 bridgehead atoms. The minimum Gasteiger partial charge on any atom is -0.402 e. The number of carbonyl (C=O) groups is 3. The highest BCUT2D eigenvalue weighted by Crippen LogP contribution is 2.18. The summed E-state index contributed by atoms with van der Waals surface area (Å²) < 4.78 is 0. The lowest BCUT2D eigenvalue weighted by Gasteiger charge is -2.12. The Bertz CT molecular complexity index is 1340. The van der Waals surface area contributed by atoms with Crippen molar-refractivity contribution in [2.24, 2.45) is 10.8 Å². The molecule has 0 saturated heterocycles. The van der Waals surface area contributed by atoms with Crippen molar-refractivity contribution in [2.45, 2.75) is 34.2 Å². The van der Waals surface area contributed by atoms with Crippen molar-refractivity contribution in [3.8, 4) is 0 Å². The Labute approximate surface area is 213 Å². The summed E-state index contributed by atoms with van der Waals surface area (Å²) >= 11 is 1.04. The second kappa shape index (κ2) is 11.9. The molecule has 186 valence electrons. The number of hydrazone groups is 1. The normalized spacial score (nSPS) is 11.9. The molecule has 0 aliphatic rings. The monoisotopic (exact) mass is 504 g/mol. The maximum absolute atomic E-state index is 12.9. The second-order valence-corrected chi connectivity index (χ2v) is 9.24. The van der Waals surface area contributed by atoms with Gasteiger partial charge in [-0.05, 0) is 80.8 Å². The molecule has 9 nitrogen and oxygen atoms in total. The molecule has 0 saturated carbocycles. The third-order valence-corrected chi connectivity index (χ3v) is 6.41. The van der Waals surface area contributed by atoms with Gasteiger partial charge in [0.1, 0.15) is 0 Å². The molecule has 0 radical (unpaired) electrons. The highest BCUT2D eigenvalue weighted by atomic mass is 32.1. The fourth-order valence-corrected chi connectivity index (χ4v) is 4.05. The van der Waals surface area contributed by atoms with E-state index in [4.69, 9.17) is 5.73 Å². The van der Waals surface area contributed by atoms with E-state index >= 15 is 0 Å². The largest absolute Gasteiger partial charge is 0.402 e. The van der Waals surface area contributed by atoms with Crippen molar-refractivity contribution < 1.29 is 14.4 Å². The fraction of sp³-hybridized carbons (Fsp3) is 0.192. The summed E-state index contributed by atoms with van der Waals surface area (Å²) in [5.74, 6) is -1.23. The first-order chi connectivity index (χ1) is 17.2. The van der Waals surface area contributed by atoms with Gasteiger partial charge in [0.05, 0.1) is 21.0 Å². The summed E-state index contributed by atoms with van der Waals surface area (Å²) in [5.41, 5.74) is 12.8. The van der Waals surface area contributed by atoms with E-state index in [1.165, 1.54) is 0 Å². The Morgan fingerprint density at radius 3 is 2.25 bits per heavy atom. The number of aromatic nitrogens is 1. The number of rotatable bonds is 8. The summed E-state index contributed by atoms with van der Waals surface area (Å²) in [6.07, 6.45) is 3.30. The quantitative estimate of drug-likeness (QED) is 0.211. The average molecular weight is 505 g/mol. The van der Waals surface area contributed by atoms with Gasteiger partial charge >= 0.3 is 0 Å². The van der Waals surface area contributed by atoms with E-state index in [0.29, 0.717) is 22.0 Å². The number of amides is 3. The zero-order valence-corrected chi connectivity index (χ0v) is 21.3. The molecule has 3 aromatic rings. The average Bonchev–Trinajstić information content (AvgIpc) is 3.34. The third-order valence-electron chi connectivity index (χ3n) is 5.33. The van der Waals surface area contributed by atoms with E-state index in [0.717, 1.165) is 28.0 Å². The third kappa shape index (κ3) is 6.86. The number of nitrogens with one attached hydrogen (secondary N) is 3. The van der Waals surface area contributed by atoms with Gasteiger partial charge in [0.25, 0.3) is 17.7 Å². The van der Waals surface area contributed by atoms with Gasteiger partial charge in [0.2, 0.25) is 0 Å². The molecule has 3 rings (SSSR count). The van der Waals surface area contributed by atoms with Crippen molar-refractivity contribution in [3.63, 3.8) is 0 Å². The highest BCUT2D eigenvalue weighted by molar-refractivity contribution is 7.15. The maximum Gasteiger partial charge on any atom is 0.281 e. The molecule has 1 aromatic carbocycles. The summed E-state index contributed by atoms with van der Waals surface area (Å²) in [7, 11) is 0. The molecule has 36 heavy (non-hydrogen) atoms. The van der Waals surface area contributed by atoms with Crippen LogP contribution >= 0.6 is 11.3 Å². The SMILES string of the molecule is CC(=NNC(=O)c1ccc(C(=O)NCc2ccncc2)s1)C(C(=O)Nc1ccc(C)c(C)c1)=C(C)N. The Hall–Kier alpha value is -4.31. The van der Waals surface area contributed by atoms with E-state index in [-0.39, 0.29) is 22.9 Å². The topological polar surface area (TPSA) is 139 Å². The Morgan fingerprint density at radius 2 is 1.61 bits per heavy atom. The fourth-order valence-electron chi connectivity index (χ4n) is 3.24. The van der Waals surface area contributed by atoms with E-state index in [1.54, 1.807) is 44.4 Å². The van der Waals surface area contributed by atoms with Gasteiger partial charge in [0.15, 0.2) is 0 Å². The molecule has 0 aliphatic heterocycles. The number of thiophene rings is 1. The number of hydrogen-bond acceptors (Lipinski definition) is 7. The van der Waals surface area contributed by atoms with Crippen LogP contribution in [0.2, 0.25) is 0 Å². The lowest BCUT2D eigenvalue weighted by Crippen LogP contribution is -2.25. The van der Waals surface area contributed by atoms with Crippen LogP contribution in [0.4, 0.5) is 5.69 Å². The minimum atomic E-state index is -0.504. The molecule has 2 aromatic heterocycles. The molecule has 10 heteroatoms. The summed E-state index contributed by atoms with van der Waals surface area (Å²) in [5, 5.41) is 9.68. The Morgan fingerprint density at radius 1 is 0.944 bits per heavy atom. The zero-order chi connectivity index (χ0) is 26.2. The molecule has 0 spiro atoms. The number of aryl methyl sites for hydroxylation is 2. The summed E-state index contributed by atoms with van der Waals surface area (Å²) in [6, 6.07) is 12.3. The van der Waals surface area contributed by atoms with Crippen LogP contribution in [0.25, 0.3) is 0 Å². The van der Waals surface area contributed by atoms with Crippen molar-refractivity contribution >= 4 is 40.5 Å². The minimum absolute atomic E-state index is 0.163. The summed E-state index contributed by atoms with van der Waals surface area (Å²) in [4.78, 5) is 42.5. The van der Waals surface area contributed by atoms with Crippen LogP contribution in [0, 0.1) is 13.8 Å². The Balaban J connectivity index is 1.63. The smallest absolute Gasteiger partial charge is 0.281 e. The lowest BCUT2D eigenvalue weighted by molar-refractivity contribution is -0.112. The van der Waals surface area contributed by atoms with E-state index in [2.05, 4.69) is 26.1 Å². The number of hydrogen-bond donors (Lipinski definition) is 4. The molecule has 0 aliphatic carbocycles. The highest BCUT2D eigenvalue weighted by Gasteiger charge is 2.18. The van der Waals surface area contributed by atoms with Gasteiger partial charge in [-0.3, -0.25) is 19.4 Å². The van der Waals surface area contributed by atoms with Gasteiger partial charge in [-0.2, -0.15) is 5.10 Å². The van der Waals surface area contributed by atoms with E-state index < -0.39 is 11.8 Å². The standard InChI is InChI=1S/C26H28N6O3S/c1-15-5-6-20(13-16(15)2)30-26(35)23(17(3)27)18(4)31-32-25(34)22-8-7-21(36-22)24(33)29-14-19-9-11-28-12-10-19/h5-13H,14,27H2,1-4H3,(H,29,33)(H,30,35)(H,32,34). The molecule has 3 amide bonds. The zero-order valence-electron chi connectivity index (χ0n) is 20.5. The number of nitrogens with two attached hydrogens (primary N) is 1. The van der Waals surface area contributed by atoms with Crippen LogP contribution in [0.5, 0.6) is 0 Å². The van der Waals surface area contributed by atoms with Crippen molar-refractivity contribution in [1.29, 1.82) is 0 Å². The van der Waals surface area contributed by atoms with Crippen molar-refractivity contribution in [3.05, 3.63) is 92.6 Å². The van der Waals surface area contributed by atoms with E-state index in [1.807, 2.05) is 38.1 Å². The van der Waals surface area contributed by atoms with Gasteiger partial charge in [-0.25, -0.2) is 5.43 Å². The number of allylic oxidation sites excluding steroid dienone is 1. The van der Waals surface area contributed by atoms with E-state index in [9.17, 15) is 14.4 Å². The number of nitrogens with zero attached hydrogens (tertiary/aromatic N) is 2. The predicted octanol–water partition coefficient (Wildman–Crippen LogP) is 3.67. The van der Waals surface area contributed by atoms with Crippen molar-refractivity contribution in [1.82, 2.24) is 15.7 Å². The van der Waals surface area contributed by atoms with Crippen LogP contribution < -0.4 is 21.8 Å². The molecule has 0 unspecified atom stereocenters. The second-order valence-electron chi connectivity index (χ2n) is 8.15. The number of pyridine rings is 1. The van der Waals surface area contributed by atoms with Gasteiger partial charge in [-0.15, -0.1) is 11.3 Å². The van der Waals surface area contributed by atoms with Crippen LogP contribution in [-0.4, -0.2) is 28.4 Å². The molecule has 5 N–H and O–H groups in total. The predicted molar refractivity (Wildman–Crippen MR) is 142 cm³/mol. The van der Waals surface area contributed by atoms with Crippen LogP contribution in [0.15, 0.2) is 71.2 Å². The van der Waals surface area contributed by atoms with Gasteiger partial charge in [-0.1, -0.05) is 6.07 Å². The molecule has 2 heterocycles. The number of anilines is 1. The number of carbonyl (C=O) groups excluding carboxylic acids is 3. The van der Waals surface area contributed by atoms with Crippen LogP contribution in [0.3, 0.4) is 0 Å². The first kappa shape index (κ1) is 26.3. The first-order valence-electron chi connectivity index (χ1n) is 11.1. The number of benzene rings is 1.